The molecule has 0 aromatic heterocycles. The first-order chi connectivity index (χ1) is 13.4. The lowest BCUT2D eigenvalue weighted by molar-refractivity contribution is -0.149. The number of nitrogens with zero attached hydrogens (tertiary/aromatic N) is 2. The Morgan fingerprint density at radius 2 is 1.57 bits per heavy atom. The summed E-state index contributed by atoms with van der Waals surface area (Å²) in [6, 6.07) is 0. The van der Waals surface area contributed by atoms with Crippen LogP contribution in [0.25, 0.3) is 0 Å². The number of rotatable bonds is 10. The molecule has 0 aliphatic carbocycles. The van der Waals surface area contributed by atoms with Crippen LogP contribution in [0, 0.1) is 11.8 Å². The number of carbonyl (C=O) groups excluding carboxylic acids is 2. The molecule has 28 heavy (non-hydrogen) atoms. The number of likely N-dealkylation sites (tertiary alicyclic amines) is 1. The monoisotopic (exact) mass is 398 g/mol. The van der Waals surface area contributed by atoms with Gasteiger partial charge in [-0.3, -0.25) is 19.4 Å². The van der Waals surface area contributed by atoms with E-state index in [0.717, 1.165) is 26.1 Å². The van der Waals surface area contributed by atoms with Crippen LogP contribution in [0.15, 0.2) is 0 Å². The summed E-state index contributed by atoms with van der Waals surface area (Å²) in [5.74, 6) is 0.268. The minimum absolute atomic E-state index is 0.0578. The van der Waals surface area contributed by atoms with Gasteiger partial charge in [0.15, 0.2) is 0 Å². The Morgan fingerprint density at radius 3 is 2.25 bits per heavy atom. The molecule has 0 amide bonds. The van der Waals surface area contributed by atoms with Gasteiger partial charge in [0.2, 0.25) is 0 Å². The van der Waals surface area contributed by atoms with E-state index >= 15 is 0 Å². The fourth-order valence-electron chi connectivity index (χ4n) is 3.65. The second-order valence-electron chi connectivity index (χ2n) is 8.67. The van der Waals surface area contributed by atoms with Crippen LogP contribution in [0.1, 0.15) is 46.5 Å². The third-order valence-corrected chi connectivity index (χ3v) is 5.15. The smallest absolute Gasteiger partial charge is 0.320 e. The van der Waals surface area contributed by atoms with Crippen molar-refractivity contribution >= 4 is 11.9 Å². The normalized spacial score (nSPS) is 22.8. The molecule has 0 aromatic rings. The predicted octanol–water partition coefficient (Wildman–Crippen LogP) is 1.94. The number of esters is 2. The fraction of sp³-hybridized carbons (Fsp3) is 0.905. The molecule has 0 aromatic carbocycles. The number of carbonyl (C=O) groups is 2. The van der Waals surface area contributed by atoms with E-state index in [4.69, 9.17) is 14.2 Å². The quantitative estimate of drug-likeness (QED) is 0.521. The number of morpholine rings is 1. The highest BCUT2D eigenvalue weighted by molar-refractivity contribution is 5.72. The van der Waals surface area contributed by atoms with Gasteiger partial charge in [0.1, 0.15) is 0 Å². The van der Waals surface area contributed by atoms with Crippen LogP contribution in [0.2, 0.25) is 0 Å². The average Bonchev–Trinajstić information content (AvgIpc) is 2.66. The van der Waals surface area contributed by atoms with Gasteiger partial charge in [-0.1, -0.05) is 27.2 Å². The van der Waals surface area contributed by atoms with Gasteiger partial charge < -0.3 is 14.2 Å². The summed E-state index contributed by atoms with van der Waals surface area (Å²) in [5, 5.41) is 0. The summed E-state index contributed by atoms with van der Waals surface area (Å²) in [6.07, 6.45) is 4.47. The van der Waals surface area contributed by atoms with Crippen LogP contribution < -0.4 is 0 Å². The maximum Gasteiger partial charge on any atom is 0.320 e. The van der Waals surface area contributed by atoms with Crippen molar-refractivity contribution in [2.75, 3.05) is 59.1 Å². The van der Waals surface area contributed by atoms with E-state index in [-0.39, 0.29) is 24.0 Å². The molecule has 0 spiro atoms. The Balaban J connectivity index is 1.62. The van der Waals surface area contributed by atoms with Crippen molar-refractivity contribution in [1.29, 1.82) is 0 Å². The van der Waals surface area contributed by atoms with Crippen LogP contribution in [0.4, 0.5) is 0 Å². The lowest BCUT2D eigenvalue weighted by Gasteiger charge is -2.33. The highest BCUT2D eigenvalue weighted by atomic mass is 16.5. The fourth-order valence-corrected chi connectivity index (χ4v) is 3.65. The van der Waals surface area contributed by atoms with E-state index in [0.29, 0.717) is 45.4 Å². The third-order valence-electron chi connectivity index (χ3n) is 5.15. The van der Waals surface area contributed by atoms with Crippen molar-refractivity contribution in [3.63, 3.8) is 0 Å². The predicted molar refractivity (Wildman–Crippen MR) is 107 cm³/mol. The Labute approximate surface area is 169 Å². The molecular weight excluding hydrogens is 360 g/mol. The van der Waals surface area contributed by atoms with Gasteiger partial charge >= 0.3 is 11.9 Å². The van der Waals surface area contributed by atoms with E-state index in [1.165, 1.54) is 19.3 Å². The summed E-state index contributed by atoms with van der Waals surface area (Å²) in [5.41, 5.74) is 0. The van der Waals surface area contributed by atoms with E-state index < -0.39 is 0 Å². The molecule has 2 unspecified atom stereocenters. The number of hydrogen-bond acceptors (Lipinski definition) is 7. The summed E-state index contributed by atoms with van der Waals surface area (Å²) in [7, 11) is 0. The zero-order valence-electron chi connectivity index (χ0n) is 17.9. The lowest BCUT2D eigenvalue weighted by atomic mass is 10.0. The molecule has 2 heterocycles. The van der Waals surface area contributed by atoms with Crippen molar-refractivity contribution in [2.45, 2.75) is 52.6 Å². The minimum atomic E-state index is -0.172. The lowest BCUT2D eigenvalue weighted by Crippen LogP contribution is -2.45. The van der Waals surface area contributed by atoms with Gasteiger partial charge in [-0.05, 0) is 44.2 Å². The van der Waals surface area contributed by atoms with Crippen molar-refractivity contribution in [2.24, 2.45) is 11.8 Å². The minimum Gasteiger partial charge on any atom is -0.464 e. The molecule has 2 aliphatic heterocycles. The van der Waals surface area contributed by atoms with Gasteiger partial charge in [-0.25, -0.2) is 0 Å². The van der Waals surface area contributed by atoms with E-state index in [9.17, 15) is 9.59 Å². The zero-order chi connectivity index (χ0) is 20.4. The molecule has 0 saturated carbocycles. The molecule has 2 saturated heterocycles. The molecule has 0 bridgehead atoms. The van der Waals surface area contributed by atoms with Gasteiger partial charge in [-0.15, -0.1) is 0 Å². The highest BCUT2D eigenvalue weighted by Gasteiger charge is 2.25. The van der Waals surface area contributed by atoms with Gasteiger partial charge in [0, 0.05) is 13.1 Å². The topological polar surface area (TPSA) is 68.3 Å². The molecule has 0 N–H and O–H groups in total. The van der Waals surface area contributed by atoms with Crippen molar-refractivity contribution in [1.82, 2.24) is 9.80 Å². The average molecular weight is 399 g/mol. The molecule has 2 fully saturated rings. The van der Waals surface area contributed by atoms with Crippen LogP contribution in [-0.2, 0) is 23.8 Å². The van der Waals surface area contributed by atoms with E-state index in [1.54, 1.807) is 0 Å². The van der Waals surface area contributed by atoms with Crippen LogP contribution in [0.5, 0.6) is 0 Å². The summed E-state index contributed by atoms with van der Waals surface area (Å²) in [4.78, 5) is 28.2. The Kier molecular flexibility index (Phi) is 10.2. The summed E-state index contributed by atoms with van der Waals surface area (Å²) >= 11 is 0. The largest absolute Gasteiger partial charge is 0.464 e. The molecule has 2 aliphatic rings. The maximum absolute atomic E-state index is 12.0. The molecule has 7 nitrogen and oxygen atoms in total. The molecule has 2 atom stereocenters. The van der Waals surface area contributed by atoms with Gasteiger partial charge in [0.25, 0.3) is 0 Å². The molecule has 7 heteroatoms. The number of ether oxygens (including phenoxy) is 3. The Bertz CT molecular complexity index is 479. The van der Waals surface area contributed by atoms with Gasteiger partial charge in [0.05, 0.1) is 39.0 Å². The van der Waals surface area contributed by atoms with Crippen LogP contribution >= 0.6 is 0 Å². The molecular formula is C21H38N2O5. The summed E-state index contributed by atoms with van der Waals surface area (Å²) in [6.45, 7) is 11.8. The van der Waals surface area contributed by atoms with Crippen LogP contribution in [0.3, 0.4) is 0 Å². The standard InChI is InChI=1S/C21H38N2O5/c1-17(2)15-27-21(25)14-23-9-10-26-19(12-23)11-18(3)16-28-20(24)13-22-7-5-4-6-8-22/h17-19H,4-16H2,1-3H3. The van der Waals surface area contributed by atoms with Crippen molar-refractivity contribution in [3.05, 3.63) is 0 Å². The van der Waals surface area contributed by atoms with Gasteiger partial charge in [-0.2, -0.15) is 0 Å². The maximum atomic E-state index is 12.0. The van der Waals surface area contributed by atoms with E-state index in [2.05, 4.69) is 16.7 Å². The SMILES string of the molecule is CC(C)COC(=O)CN1CCOC(CC(C)COC(=O)CN2CCCCC2)C1. The Morgan fingerprint density at radius 1 is 0.929 bits per heavy atom. The van der Waals surface area contributed by atoms with Crippen LogP contribution in [-0.4, -0.2) is 86.9 Å². The summed E-state index contributed by atoms with van der Waals surface area (Å²) < 4.78 is 16.6. The molecule has 2 rings (SSSR count). The highest BCUT2D eigenvalue weighted by Crippen LogP contribution is 2.15. The first-order valence-corrected chi connectivity index (χ1v) is 10.8. The zero-order valence-corrected chi connectivity index (χ0v) is 17.9. The Hall–Kier alpha value is -1.18. The second-order valence-corrected chi connectivity index (χ2v) is 8.67. The number of hydrogen-bond donors (Lipinski definition) is 0. The van der Waals surface area contributed by atoms with Crippen molar-refractivity contribution in [3.8, 4) is 0 Å². The first kappa shape index (κ1) is 23.1. The molecule has 162 valence electrons. The third kappa shape index (κ3) is 9.34. The first-order valence-electron chi connectivity index (χ1n) is 10.8. The molecule has 0 radical (unpaired) electrons. The van der Waals surface area contributed by atoms with Crippen molar-refractivity contribution < 1.29 is 23.8 Å². The van der Waals surface area contributed by atoms with E-state index in [1.807, 2.05) is 13.8 Å². The second kappa shape index (κ2) is 12.4. The number of piperidine rings is 1.